The van der Waals surface area contributed by atoms with E-state index >= 15 is 0 Å². The summed E-state index contributed by atoms with van der Waals surface area (Å²) in [4.78, 5) is 17.7. The van der Waals surface area contributed by atoms with Crippen LogP contribution in [-0.2, 0) is 23.0 Å². The van der Waals surface area contributed by atoms with Gasteiger partial charge in [-0.25, -0.2) is 13.4 Å². The first-order valence-corrected chi connectivity index (χ1v) is 10.6. The Bertz CT molecular complexity index is 880. The summed E-state index contributed by atoms with van der Waals surface area (Å²) in [6.45, 7) is 2.40. The van der Waals surface area contributed by atoms with Crippen molar-refractivity contribution >= 4 is 48.3 Å². The molecule has 2 heterocycles. The van der Waals surface area contributed by atoms with Gasteiger partial charge in [0.05, 0.1) is 17.0 Å². The summed E-state index contributed by atoms with van der Waals surface area (Å²) in [5.74, 6) is -0.154. The second-order valence-electron chi connectivity index (χ2n) is 5.31. The molecule has 0 bridgehead atoms. The molecule has 6 nitrogen and oxygen atoms in total. The van der Waals surface area contributed by atoms with Gasteiger partial charge in [-0.05, 0) is 35.0 Å². The van der Waals surface area contributed by atoms with Gasteiger partial charge in [0.15, 0.2) is 5.13 Å². The molecule has 128 valence electrons. The number of sulfonamides is 1. The minimum atomic E-state index is -3.21. The van der Waals surface area contributed by atoms with Crippen LogP contribution >= 0.6 is 27.3 Å². The highest BCUT2D eigenvalue weighted by Crippen LogP contribution is 2.30. The molecule has 0 spiro atoms. The van der Waals surface area contributed by atoms with E-state index in [0.29, 0.717) is 34.7 Å². The highest BCUT2D eigenvalue weighted by molar-refractivity contribution is 9.10. The van der Waals surface area contributed by atoms with Gasteiger partial charge >= 0.3 is 0 Å². The van der Waals surface area contributed by atoms with Gasteiger partial charge in [0, 0.05) is 28.9 Å². The van der Waals surface area contributed by atoms with Crippen molar-refractivity contribution in [1.82, 2.24) is 9.29 Å². The molecule has 3 rings (SSSR count). The molecule has 1 aromatic heterocycles. The van der Waals surface area contributed by atoms with E-state index in [9.17, 15) is 13.2 Å². The predicted octanol–water partition coefficient (Wildman–Crippen LogP) is 2.87. The van der Waals surface area contributed by atoms with Gasteiger partial charge < -0.3 is 0 Å². The average molecular weight is 430 g/mol. The van der Waals surface area contributed by atoms with Gasteiger partial charge in [0.25, 0.3) is 5.91 Å². The molecular weight excluding hydrogens is 414 g/mol. The number of hydrogen-bond donors (Lipinski definition) is 1. The van der Waals surface area contributed by atoms with E-state index in [4.69, 9.17) is 0 Å². The fourth-order valence-corrected chi connectivity index (χ4v) is 5.08. The lowest BCUT2D eigenvalue weighted by molar-refractivity contribution is 0.102. The molecule has 0 aliphatic carbocycles. The Kier molecular flexibility index (Phi) is 5.05. The van der Waals surface area contributed by atoms with Gasteiger partial charge in [0.1, 0.15) is 0 Å². The van der Waals surface area contributed by atoms with E-state index in [2.05, 4.69) is 26.2 Å². The molecule has 1 aromatic carbocycles. The maximum absolute atomic E-state index is 12.3. The number of carbonyl (C=O) groups excluding carboxylic acids is 1. The summed E-state index contributed by atoms with van der Waals surface area (Å²) >= 11 is 4.68. The molecule has 0 saturated heterocycles. The van der Waals surface area contributed by atoms with Crippen LogP contribution in [0.5, 0.6) is 0 Å². The minimum absolute atomic E-state index is 0.0900. The molecule has 24 heavy (non-hydrogen) atoms. The summed E-state index contributed by atoms with van der Waals surface area (Å²) in [6, 6.07) is 7.16. The molecule has 0 atom stereocenters. The standard InChI is InChI=1S/C15H16BrN3O3S2/c1-2-24(21,22)19-8-7-12-13(9-19)23-15(17-12)18-14(20)10-5-3-4-6-11(10)16/h3-6H,2,7-9H2,1H3,(H,17,18,20). The molecule has 1 aliphatic rings. The van der Waals surface area contributed by atoms with E-state index in [1.54, 1.807) is 25.1 Å². The highest BCUT2D eigenvalue weighted by Gasteiger charge is 2.28. The Hall–Kier alpha value is -1.29. The van der Waals surface area contributed by atoms with Crippen molar-refractivity contribution in [2.75, 3.05) is 17.6 Å². The van der Waals surface area contributed by atoms with Crippen LogP contribution in [0.2, 0.25) is 0 Å². The predicted molar refractivity (Wildman–Crippen MR) is 97.8 cm³/mol. The second-order valence-corrected chi connectivity index (χ2v) is 9.50. The van der Waals surface area contributed by atoms with Gasteiger partial charge in [-0.3, -0.25) is 10.1 Å². The van der Waals surface area contributed by atoms with Crippen molar-refractivity contribution < 1.29 is 13.2 Å². The molecule has 0 unspecified atom stereocenters. The molecule has 0 fully saturated rings. The third-order valence-electron chi connectivity index (χ3n) is 3.79. The summed E-state index contributed by atoms with van der Waals surface area (Å²) in [7, 11) is -3.21. The van der Waals surface area contributed by atoms with Crippen LogP contribution < -0.4 is 5.32 Å². The monoisotopic (exact) mass is 429 g/mol. The molecule has 9 heteroatoms. The molecular formula is C15H16BrN3O3S2. The number of anilines is 1. The highest BCUT2D eigenvalue weighted by atomic mass is 79.9. The number of amides is 1. The van der Waals surface area contributed by atoms with Crippen molar-refractivity contribution in [2.24, 2.45) is 0 Å². The lowest BCUT2D eigenvalue weighted by Crippen LogP contribution is -2.36. The lowest BCUT2D eigenvalue weighted by atomic mass is 10.2. The zero-order chi connectivity index (χ0) is 17.3. The first-order valence-electron chi connectivity index (χ1n) is 7.43. The Morgan fingerprint density at radius 3 is 2.88 bits per heavy atom. The van der Waals surface area contributed by atoms with Gasteiger partial charge in [0.2, 0.25) is 10.0 Å². The number of fused-ring (bicyclic) bond motifs is 1. The number of hydrogen-bond acceptors (Lipinski definition) is 5. The topological polar surface area (TPSA) is 79.4 Å². The number of benzene rings is 1. The molecule has 1 aliphatic heterocycles. The summed E-state index contributed by atoms with van der Waals surface area (Å²) < 4.78 is 26.2. The third-order valence-corrected chi connectivity index (χ3v) is 7.31. The number of halogens is 1. The second kappa shape index (κ2) is 6.91. The van der Waals surface area contributed by atoms with E-state index in [1.165, 1.54) is 15.6 Å². The largest absolute Gasteiger partial charge is 0.298 e. The van der Waals surface area contributed by atoms with Crippen LogP contribution in [0.3, 0.4) is 0 Å². The van der Waals surface area contributed by atoms with Crippen molar-refractivity contribution in [3.63, 3.8) is 0 Å². The molecule has 1 N–H and O–H groups in total. The van der Waals surface area contributed by atoms with Crippen LogP contribution in [0.1, 0.15) is 27.9 Å². The van der Waals surface area contributed by atoms with E-state index < -0.39 is 10.0 Å². The molecule has 2 aromatic rings. The maximum atomic E-state index is 12.3. The Morgan fingerprint density at radius 1 is 1.42 bits per heavy atom. The fourth-order valence-electron chi connectivity index (χ4n) is 2.46. The smallest absolute Gasteiger partial charge is 0.258 e. The lowest BCUT2D eigenvalue weighted by Gasteiger charge is -2.24. The molecule has 1 amide bonds. The van der Waals surface area contributed by atoms with Gasteiger partial charge in [-0.15, -0.1) is 11.3 Å². The SMILES string of the molecule is CCS(=O)(=O)N1CCc2nc(NC(=O)c3ccccc3Br)sc2C1. The van der Waals surface area contributed by atoms with E-state index in [-0.39, 0.29) is 11.7 Å². The van der Waals surface area contributed by atoms with Crippen LogP contribution in [0.15, 0.2) is 28.7 Å². The molecule has 0 saturated carbocycles. The van der Waals surface area contributed by atoms with Crippen molar-refractivity contribution in [3.05, 3.63) is 44.9 Å². The minimum Gasteiger partial charge on any atom is -0.298 e. The number of carbonyl (C=O) groups is 1. The molecule has 0 radical (unpaired) electrons. The average Bonchev–Trinajstić information content (AvgIpc) is 2.96. The van der Waals surface area contributed by atoms with Crippen molar-refractivity contribution in [1.29, 1.82) is 0 Å². The third kappa shape index (κ3) is 3.53. The van der Waals surface area contributed by atoms with Crippen LogP contribution in [0.4, 0.5) is 5.13 Å². The Balaban J connectivity index is 1.77. The number of aromatic nitrogens is 1. The Labute approximate surface area is 153 Å². The van der Waals surface area contributed by atoms with Crippen molar-refractivity contribution in [3.8, 4) is 0 Å². The number of rotatable bonds is 4. The maximum Gasteiger partial charge on any atom is 0.258 e. The first kappa shape index (κ1) is 17.5. The normalized spacial score (nSPS) is 15.1. The number of thiazole rings is 1. The number of nitrogens with one attached hydrogen (secondary N) is 1. The summed E-state index contributed by atoms with van der Waals surface area (Å²) in [6.07, 6.45) is 0.565. The van der Waals surface area contributed by atoms with Gasteiger partial charge in [-0.1, -0.05) is 12.1 Å². The quantitative estimate of drug-likeness (QED) is 0.809. The zero-order valence-corrected chi connectivity index (χ0v) is 16.2. The Morgan fingerprint density at radius 2 is 2.17 bits per heavy atom. The van der Waals surface area contributed by atoms with Crippen LogP contribution in [0.25, 0.3) is 0 Å². The first-order chi connectivity index (χ1) is 11.4. The van der Waals surface area contributed by atoms with E-state index in [0.717, 1.165) is 10.6 Å². The van der Waals surface area contributed by atoms with Crippen molar-refractivity contribution in [2.45, 2.75) is 19.9 Å². The van der Waals surface area contributed by atoms with Gasteiger partial charge in [-0.2, -0.15) is 4.31 Å². The number of nitrogens with zero attached hydrogens (tertiary/aromatic N) is 2. The van der Waals surface area contributed by atoms with Crippen LogP contribution in [-0.4, -0.2) is 35.9 Å². The zero-order valence-electron chi connectivity index (χ0n) is 13.0. The fraction of sp³-hybridized carbons (Fsp3) is 0.333. The summed E-state index contributed by atoms with van der Waals surface area (Å²) in [5.41, 5.74) is 1.39. The van der Waals surface area contributed by atoms with Crippen LogP contribution in [0, 0.1) is 0 Å². The van der Waals surface area contributed by atoms with E-state index in [1.807, 2.05) is 6.07 Å². The summed E-state index contributed by atoms with van der Waals surface area (Å²) in [5, 5.41) is 3.29.